The summed E-state index contributed by atoms with van der Waals surface area (Å²) in [4.78, 5) is 11.2. The van der Waals surface area contributed by atoms with E-state index < -0.39 is 16.0 Å². The van der Waals surface area contributed by atoms with Crippen LogP contribution in [0.25, 0.3) is 21.9 Å². The highest BCUT2D eigenvalue weighted by molar-refractivity contribution is 8.00. The van der Waals surface area contributed by atoms with Gasteiger partial charge in [-0.3, -0.25) is 9.52 Å². The minimum atomic E-state index is -4.00. The van der Waals surface area contributed by atoms with E-state index in [0.29, 0.717) is 21.9 Å². The lowest BCUT2D eigenvalue weighted by Gasteiger charge is -2.15. The molecule has 6 nitrogen and oxygen atoms in total. The van der Waals surface area contributed by atoms with Crippen molar-refractivity contribution < 1.29 is 27.8 Å². The molecule has 0 aromatic heterocycles. The van der Waals surface area contributed by atoms with Gasteiger partial charge < -0.3 is 10.2 Å². The second-order valence-electron chi connectivity index (χ2n) is 7.14. The Bertz CT molecular complexity index is 1450. The number of phenols is 1. The average molecular weight is 484 g/mol. The van der Waals surface area contributed by atoms with E-state index in [0.717, 1.165) is 11.8 Å². The van der Waals surface area contributed by atoms with E-state index in [9.17, 15) is 22.7 Å². The van der Waals surface area contributed by atoms with Crippen molar-refractivity contribution in [2.75, 3.05) is 10.5 Å². The highest BCUT2D eigenvalue weighted by atomic mass is 32.2. The van der Waals surface area contributed by atoms with Crippen molar-refractivity contribution in [3.05, 3.63) is 84.7 Å². The van der Waals surface area contributed by atoms with Gasteiger partial charge in [0.2, 0.25) is 0 Å². The number of fused-ring (bicyclic) bond motifs is 1. The Kier molecular flexibility index (Phi) is 6.26. The molecule has 0 atom stereocenters. The number of carbonyl (C=O) groups is 1. The van der Waals surface area contributed by atoms with Crippen molar-refractivity contribution in [1.82, 2.24) is 0 Å². The molecule has 9 heteroatoms. The summed E-state index contributed by atoms with van der Waals surface area (Å²) in [5, 5.41) is 20.4. The van der Waals surface area contributed by atoms with Crippen LogP contribution < -0.4 is 4.72 Å². The first-order valence-corrected chi connectivity index (χ1v) is 12.2. The molecule has 0 saturated heterocycles. The van der Waals surface area contributed by atoms with Crippen LogP contribution >= 0.6 is 11.8 Å². The van der Waals surface area contributed by atoms with Gasteiger partial charge in [0.05, 0.1) is 21.2 Å². The lowest BCUT2D eigenvalue weighted by Crippen LogP contribution is -2.13. The maximum atomic E-state index is 13.5. The Morgan fingerprint density at radius 3 is 2.27 bits per heavy atom. The number of nitrogens with one attached hydrogen (secondary N) is 1. The highest BCUT2D eigenvalue weighted by Crippen LogP contribution is 2.40. The number of hydrogen-bond donors (Lipinski definition) is 3. The molecule has 4 aromatic rings. The SMILES string of the molecule is O=C(O)CSc1cc(NS(=O)(=O)c2ccc(-c3cccc(F)c3)cc2)c2ccccc2c1O. The first-order chi connectivity index (χ1) is 15.7. The summed E-state index contributed by atoms with van der Waals surface area (Å²) in [6.07, 6.45) is 0. The number of hydrogen-bond acceptors (Lipinski definition) is 5. The van der Waals surface area contributed by atoms with Gasteiger partial charge >= 0.3 is 5.97 Å². The molecular formula is C24H18FNO5S2. The molecule has 33 heavy (non-hydrogen) atoms. The number of benzene rings is 4. The monoisotopic (exact) mass is 483 g/mol. The third-order valence-electron chi connectivity index (χ3n) is 4.90. The summed E-state index contributed by atoms with van der Waals surface area (Å²) in [6.45, 7) is 0. The molecule has 0 saturated carbocycles. The molecule has 0 heterocycles. The molecule has 0 fully saturated rings. The number of thioether (sulfide) groups is 1. The Labute approximate surface area is 193 Å². The van der Waals surface area contributed by atoms with Gasteiger partial charge in [-0.05, 0) is 41.5 Å². The van der Waals surface area contributed by atoms with Crippen LogP contribution in [0.15, 0.2) is 88.7 Å². The third-order valence-corrected chi connectivity index (χ3v) is 7.29. The molecule has 4 rings (SSSR count). The van der Waals surface area contributed by atoms with Crippen molar-refractivity contribution in [2.45, 2.75) is 9.79 Å². The van der Waals surface area contributed by atoms with Crippen molar-refractivity contribution >= 4 is 44.2 Å². The third kappa shape index (κ3) is 4.94. The zero-order chi connectivity index (χ0) is 23.6. The highest BCUT2D eigenvalue weighted by Gasteiger charge is 2.19. The van der Waals surface area contributed by atoms with Crippen molar-refractivity contribution in [2.24, 2.45) is 0 Å². The van der Waals surface area contributed by atoms with E-state index >= 15 is 0 Å². The molecule has 0 unspecified atom stereocenters. The van der Waals surface area contributed by atoms with E-state index in [4.69, 9.17) is 5.11 Å². The molecule has 0 amide bonds. The first-order valence-electron chi connectivity index (χ1n) is 9.73. The summed E-state index contributed by atoms with van der Waals surface area (Å²) in [5.41, 5.74) is 1.50. The van der Waals surface area contributed by atoms with E-state index in [1.54, 1.807) is 48.5 Å². The predicted molar refractivity (Wildman–Crippen MR) is 127 cm³/mol. The quantitative estimate of drug-likeness (QED) is 0.243. The largest absolute Gasteiger partial charge is 0.506 e. The number of phenolic OH excluding ortho intramolecular Hbond substituents is 1. The fraction of sp³-hybridized carbons (Fsp3) is 0.0417. The fourth-order valence-corrected chi connectivity index (χ4v) is 5.16. The van der Waals surface area contributed by atoms with Crippen LogP contribution in [0, 0.1) is 5.82 Å². The smallest absolute Gasteiger partial charge is 0.313 e. The maximum Gasteiger partial charge on any atom is 0.313 e. The van der Waals surface area contributed by atoms with Crippen LogP contribution in [-0.2, 0) is 14.8 Å². The number of aliphatic carboxylic acids is 1. The van der Waals surface area contributed by atoms with Gasteiger partial charge in [0.25, 0.3) is 10.0 Å². The lowest BCUT2D eigenvalue weighted by molar-refractivity contribution is -0.133. The predicted octanol–water partition coefficient (Wildman–Crippen LogP) is 5.33. The first kappa shape index (κ1) is 22.6. The van der Waals surface area contributed by atoms with E-state index in [-0.39, 0.29) is 32.8 Å². The molecule has 4 aromatic carbocycles. The van der Waals surface area contributed by atoms with Gasteiger partial charge in [-0.25, -0.2) is 12.8 Å². The van der Waals surface area contributed by atoms with Crippen LogP contribution in [0.4, 0.5) is 10.1 Å². The van der Waals surface area contributed by atoms with Gasteiger partial charge in [-0.15, -0.1) is 11.8 Å². The molecule has 0 aliphatic heterocycles. The summed E-state index contributed by atoms with van der Waals surface area (Å²) in [5.74, 6) is -1.85. The number of rotatable bonds is 7. The summed E-state index contributed by atoms with van der Waals surface area (Å²) in [7, 11) is -4.00. The van der Waals surface area contributed by atoms with Crippen LogP contribution in [0.5, 0.6) is 5.75 Å². The van der Waals surface area contributed by atoms with Crippen LogP contribution in [0.2, 0.25) is 0 Å². The minimum Gasteiger partial charge on any atom is -0.506 e. The van der Waals surface area contributed by atoms with Gasteiger partial charge in [0.15, 0.2) is 0 Å². The van der Waals surface area contributed by atoms with Crippen molar-refractivity contribution in [1.29, 1.82) is 0 Å². The number of sulfonamides is 1. The Morgan fingerprint density at radius 2 is 1.61 bits per heavy atom. The zero-order valence-electron chi connectivity index (χ0n) is 17.0. The Morgan fingerprint density at radius 1 is 0.909 bits per heavy atom. The second kappa shape index (κ2) is 9.13. The van der Waals surface area contributed by atoms with E-state index in [1.807, 2.05) is 0 Å². The lowest BCUT2D eigenvalue weighted by atomic mass is 10.1. The molecule has 3 N–H and O–H groups in total. The Balaban J connectivity index is 1.69. The molecule has 0 aliphatic rings. The van der Waals surface area contributed by atoms with Crippen LogP contribution in [0.3, 0.4) is 0 Å². The molecule has 0 bridgehead atoms. The minimum absolute atomic E-state index is 0.000418. The van der Waals surface area contributed by atoms with Gasteiger partial charge in [0, 0.05) is 10.8 Å². The van der Waals surface area contributed by atoms with E-state index in [2.05, 4.69) is 4.72 Å². The van der Waals surface area contributed by atoms with Crippen LogP contribution in [0.1, 0.15) is 0 Å². The maximum absolute atomic E-state index is 13.5. The molecule has 0 aliphatic carbocycles. The van der Waals surface area contributed by atoms with Crippen molar-refractivity contribution in [3.8, 4) is 16.9 Å². The molecule has 0 spiro atoms. The normalized spacial score (nSPS) is 11.4. The fourth-order valence-electron chi connectivity index (χ4n) is 3.37. The summed E-state index contributed by atoms with van der Waals surface area (Å²) in [6, 6.07) is 20.1. The average Bonchev–Trinajstić information content (AvgIpc) is 2.80. The zero-order valence-corrected chi connectivity index (χ0v) is 18.7. The van der Waals surface area contributed by atoms with Crippen LogP contribution in [-0.4, -0.2) is 30.4 Å². The van der Waals surface area contributed by atoms with Gasteiger partial charge in [0.1, 0.15) is 11.6 Å². The second-order valence-corrected chi connectivity index (χ2v) is 9.84. The van der Waals surface area contributed by atoms with Crippen molar-refractivity contribution in [3.63, 3.8) is 0 Å². The number of carboxylic acids is 1. The molecular weight excluding hydrogens is 465 g/mol. The van der Waals surface area contributed by atoms with Gasteiger partial charge in [-0.1, -0.05) is 48.5 Å². The topological polar surface area (TPSA) is 104 Å². The number of aromatic hydroxyl groups is 1. The Hall–Kier alpha value is -3.56. The number of anilines is 1. The molecule has 168 valence electrons. The number of halogens is 1. The summed E-state index contributed by atoms with van der Waals surface area (Å²) < 4.78 is 42.2. The summed E-state index contributed by atoms with van der Waals surface area (Å²) >= 11 is 0.892. The van der Waals surface area contributed by atoms with Gasteiger partial charge in [-0.2, -0.15) is 0 Å². The number of carboxylic acid groups (broad SMARTS) is 1. The molecule has 0 radical (unpaired) electrons. The standard InChI is InChI=1S/C24H18FNO5S2/c25-17-5-3-4-16(12-17)15-8-10-18(11-9-15)33(30,31)26-21-13-22(32-14-23(27)28)24(29)20-7-2-1-6-19(20)21/h1-13,26,29H,14H2,(H,27,28). The van der Waals surface area contributed by atoms with E-state index in [1.165, 1.54) is 30.3 Å².